The summed E-state index contributed by atoms with van der Waals surface area (Å²) in [5.41, 5.74) is -2.89. The van der Waals surface area contributed by atoms with Crippen LogP contribution >= 0.6 is 11.6 Å². The molecule has 12 heteroatoms. The van der Waals surface area contributed by atoms with Crippen LogP contribution in [-0.2, 0) is 26.7 Å². The number of carbonyl (C=O) groups is 2. The third-order valence-electron chi connectivity index (χ3n) is 3.47. The summed E-state index contributed by atoms with van der Waals surface area (Å²) in [4.78, 5) is 23.4. The van der Waals surface area contributed by atoms with Crippen LogP contribution in [0, 0.1) is 0 Å². The molecule has 30 heavy (non-hydrogen) atoms. The molecule has 0 aliphatic heterocycles. The predicted octanol–water partition coefficient (Wildman–Crippen LogP) is 4.94. The SMILES string of the molecule is O=C(COC(=O)COc1cccc(C(F)(F)F)c1)Nc1c(Cl)cccc1C(F)(F)F. The van der Waals surface area contributed by atoms with Gasteiger partial charge < -0.3 is 14.8 Å². The Morgan fingerprint density at radius 1 is 0.933 bits per heavy atom. The third-order valence-corrected chi connectivity index (χ3v) is 3.78. The van der Waals surface area contributed by atoms with Gasteiger partial charge in [0.2, 0.25) is 0 Å². The van der Waals surface area contributed by atoms with Gasteiger partial charge in [-0.1, -0.05) is 23.7 Å². The summed E-state index contributed by atoms with van der Waals surface area (Å²) in [5.74, 6) is -2.50. The summed E-state index contributed by atoms with van der Waals surface area (Å²) in [6.07, 6.45) is -9.39. The second-order valence-corrected chi connectivity index (χ2v) is 6.09. The van der Waals surface area contributed by atoms with E-state index < -0.39 is 54.3 Å². The zero-order valence-corrected chi connectivity index (χ0v) is 15.5. The molecule has 1 amide bonds. The van der Waals surface area contributed by atoms with Crippen LogP contribution in [0.4, 0.5) is 32.0 Å². The van der Waals surface area contributed by atoms with E-state index >= 15 is 0 Å². The highest BCUT2D eigenvalue weighted by molar-refractivity contribution is 6.34. The number of benzene rings is 2. The van der Waals surface area contributed by atoms with Crippen molar-refractivity contribution in [2.45, 2.75) is 12.4 Å². The second-order valence-electron chi connectivity index (χ2n) is 5.68. The van der Waals surface area contributed by atoms with Crippen LogP contribution in [0.3, 0.4) is 0 Å². The number of carbonyl (C=O) groups excluding carboxylic acids is 2. The smallest absolute Gasteiger partial charge is 0.418 e. The van der Waals surface area contributed by atoms with Crippen molar-refractivity contribution in [1.82, 2.24) is 0 Å². The molecule has 1 N–H and O–H groups in total. The number of amides is 1. The van der Waals surface area contributed by atoms with E-state index in [0.29, 0.717) is 12.1 Å². The van der Waals surface area contributed by atoms with Crippen LogP contribution in [0.25, 0.3) is 0 Å². The van der Waals surface area contributed by atoms with Gasteiger partial charge >= 0.3 is 18.3 Å². The Bertz CT molecular complexity index is 930. The first-order valence-electron chi connectivity index (χ1n) is 7.99. The number of halogens is 7. The molecule has 5 nitrogen and oxygen atoms in total. The highest BCUT2D eigenvalue weighted by Crippen LogP contribution is 2.38. The lowest BCUT2D eigenvalue weighted by Gasteiger charge is -2.15. The lowest BCUT2D eigenvalue weighted by atomic mass is 10.1. The number of alkyl halides is 6. The first-order chi connectivity index (χ1) is 13.9. The summed E-state index contributed by atoms with van der Waals surface area (Å²) in [6, 6.07) is 6.59. The van der Waals surface area contributed by atoms with Gasteiger partial charge in [-0.15, -0.1) is 0 Å². The van der Waals surface area contributed by atoms with Crippen molar-refractivity contribution in [2.75, 3.05) is 18.5 Å². The van der Waals surface area contributed by atoms with Crippen LogP contribution in [0.5, 0.6) is 5.75 Å². The number of hydrogen-bond donors (Lipinski definition) is 1. The maximum Gasteiger partial charge on any atom is 0.418 e. The van der Waals surface area contributed by atoms with Gasteiger partial charge in [-0.05, 0) is 30.3 Å². The molecular formula is C18H12ClF6NO4. The second kappa shape index (κ2) is 9.24. The Morgan fingerprint density at radius 3 is 2.23 bits per heavy atom. The molecule has 0 aromatic heterocycles. The molecule has 0 saturated heterocycles. The van der Waals surface area contributed by atoms with E-state index in [1.807, 2.05) is 5.32 Å². The standard InChI is InChI=1S/C18H12ClF6NO4/c19-13-6-2-5-12(18(23,24)25)16(13)26-14(27)8-30-15(28)9-29-11-4-1-3-10(7-11)17(20,21)22/h1-7H,8-9H2,(H,26,27). The summed E-state index contributed by atoms with van der Waals surface area (Å²) in [7, 11) is 0. The molecule has 0 unspecified atom stereocenters. The summed E-state index contributed by atoms with van der Waals surface area (Å²) in [6.45, 7) is -1.79. The van der Waals surface area contributed by atoms with E-state index in [9.17, 15) is 35.9 Å². The maximum atomic E-state index is 13.0. The van der Waals surface area contributed by atoms with Crippen molar-refractivity contribution >= 4 is 29.2 Å². The molecule has 2 rings (SSSR count). The number of hydrogen-bond acceptors (Lipinski definition) is 4. The van der Waals surface area contributed by atoms with E-state index in [-0.39, 0.29) is 10.8 Å². The number of esters is 1. The minimum Gasteiger partial charge on any atom is -0.482 e. The molecule has 0 spiro atoms. The molecule has 162 valence electrons. The Balaban J connectivity index is 1.90. The molecule has 0 aliphatic rings. The molecule has 0 radical (unpaired) electrons. The van der Waals surface area contributed by atoms with Crippen molar-refractivity contribution in [3.05, 3.63) is 58.6 Å². The Morgan fingerprint density at radius 2 is 1.60 bits per heavy atom. The zero-order chi connectivity index (χ0) is 22.5. The Labute approximate surface area is 170 Å². The first-order valence-corrected chi connectivity index (χ1v) is 8.37. The minimum absolute atomic E-state index is 0.267. The van der Waals surface area contributed by atoms with Gasteiger partial charge in [0.05, 0.1) is 21.8 Å². The lowest BCUT2D eigenvalue weighted by molar-refractivity contribution is -0.149. The van der Waals surface area contributed by atoms with Gasteiger partial charge in [-0.2, -0.15) is 26.3 Å². The number of rotatable bonds is 6. The molecule has 2 aromatic carbocycles. The van der Waals surface area contributed by atoms with E-state index in [2.05, 4.69) is 4.74 Å². The monoisotopic (exact) mass is 455 g/mol. The van der Waals surface area contributed by atoms with Crippen molar-refractivity contribution in [2.24, 2.45) is 0 Å². The molecule has 0 atom stereocenters. The topological polar surface area (TPSA) is 64.6 Å². The Kier molecular flexibility index (Phi) is 7.19. The van der Waals surface area contributed by atoms with Crippen molar-refractivity contribution in [1.29, 1.82) is 0 Å². The minimum atomic E-state index is -4.79. The van der Waals surface area contributed by atoms with Crippen molar-refractivity contribution in [3.8, 4) is 5.75 Å². The largest absolute Gasteiger partial charge is 0.482 e. The zero-order valence-electron chi connectivity index (χ0n) is 14.7. The molecular weight excluding hydrogens is 444 g/mol. The van der Waals surface area contributed by atoms with Crippen LogP contribution in [0.1, 0.15) is 11.1 Å². The van der Waals surface area contributed by atoms with Crippen LogP contribution in [-0.4, -0.2) is 25.1 Å². The molecule has 0 aliphatic carbocycles. The van der Waals surface area contributed by atoms with E-state index in [0.717, 1.165) is 24.3 Å². The average molecular weight is 456 g/mol. The van der Waals surface area contributed by atoms with Gasteiger partial charge in [0.25, 0.3) is 5.91 Å². The van der Waals surface area contributed by atoms with Gasteiger partial charge in [0, 0.05) is 0 Å². The maximum absolute atomic E-state index is 13.0. The fourth-order valence-corrected chi connectivity index (χ4v) is 2.38. The predicted molar refractivity (Wildman–Crippen MR) is 93.0 cm³/mol. The number of anilines is 1. The highest BCUT2D eigenvalue weighted by Gasteiger charge is 2.35. The van der Waals surface area contributed by atoms with E-state index in [4.69, 9.17) is 16.3 Å². The van der Waals surface area contributed by atoms with Gasteiger partial charge in [-0.3, -0.25) is 4.79 Å². The average Bonchev–Trinajstić information content (AvgIpc) is 2.65. The van der Waals surface area contributed by atoms with E-state index in [1.54, 1.807) is 0 Å². The van der Waals surface area contributed by atoms with Crippen LogP contribution < -0.4 is 10.1 Å². The van der Waals surface area contributed by atoms with Gasteiger partial charge in [0.15, 0.2) is 13.2 Å². The summed E-state index contributed by atoms with van der Waals surface area (Å²) < 4.78 is 86.2. The highest BCUT2D eigenvalue weighted by atomic mass is 35.5. The third kappa shape index (κ3) is 6.55. The molecule has 0 saturated carbocycles. The fraction of sp³-hybridized carbons (Fsp3) is 0.222. The normalized spacial score (nSPS) is 11.7. The number of para-hydroxylation sites is 1. The van der Waals surface area contributed by atoms with Gasteiger partial charge in [-0.25, -0.2) is 4.79 Å². The molecule has 0 fully saturated rings. The molecule has 0 bridgehead atoms. The number of ether oxygens (including phenoxy) is 2. The first kappa shape index (κ1) is 23.3. The van der Waals surface area contributed by atoms with E-state index in [1.165, 1.54) is 6.07 Å². The molecule has 2 aromatic rings. The number of nitrogens with one attached hydrogen (secondary N) is 1. The lowest BCUT2D eigenvalue weighted by Crippen LogP contribution is -2.25. The van der Waals surface area contributed by atoms with Crippen LogP contribution in [0.2, 0.25) is 5.02 Å². The summed E-state index contributed by atoms with van der Waals surface area (Å²) >= 11 is 5.68. The summed E-state index contributed by atoms with van der Waals surface area (Å²) in [5, 5.41) is 1.53. The Hall–Kier alpha value is -2.95. The quantitative estimate of drug-likeness (QED) is 0.495. The molecule has 0 heterocycles. The van der Waals surface area contributed by atoms with Gasteiger partial charge in [0.1, 0.15) is 5.75 Å². The van der Waals surface area contributed by atoms with Crippen molar-refractivity contribution < 1.29 is 45.4 Å². The van der Waals surface area contributed by atoms with Crippen LogP contribution in [0.15, 0.2) is 42.5 Å². The van der Waals surface area contributed by atoms with Crippen molar-refractivity contribution in [3.63, 3.8) is 0 Å². The fourth-order valence-electron chi connectivity index (χ4n) is 2.16.